The van der Waals surface area contributed by atoms with Gasteiger partial charge < -0.3 is 5.32 Å². The van der Waals surface area contributed by atoms with Crippen LogP contribution >= 0.6 is 11.8 Å². The number of nitriles is 1. The van der Waals surface area contributed by atoms with Gasteiger partial charge in [-0.25, -0.2) is 4.39 Å². The summed E-state index contributed by atoms with van der Waals surface area (Å²) in [6.07, 6.45) is 2.54. The van der Waals surface area contributed by atoms with Crippen LogP contribution in [0.3, 0.4) is 0 Å². The monoisotopic (exact) mass is 264 g/mol. The van der Waals surface area contributed by atoms with Crippen LogP contribution in [0.1, 0.15) is 30.9 Å². The number of nitrogens with zero attached hydrogens (tertiary/aromatic N) is 1. The maximum absolute atomic E-state index is 13.2. The number of thioether (sulfide) groups is 1. The molecule has 1 aromatic carbocycles. The van der Waals surface area contributed by atoms with Crippen LogP contribution in [0.2, 0.25) is 0 Å². The molecular formula is C14H17FN2S. The van der Waals surface area contributed by atoms with Crippen LogP contribution in [-0.4, -0.2) is 17.0 Å². The highest BCUT2D eigenvalue weighted by molar-refractivity contribution is 8.00. The van der Waals surface area contributed by atoms with Gasteiger partial charge in [0.1, 0.15) is 11.9 Å². The first kappa shape index (κ1) is 13.4. The highest BCUT2D eigenvalue weighted by atomic mass is 32.2. The summed E-state index contributed by atoms with van der Waals surface area (Å²) >= 11 is 2.02. The Kier molecular flexibility index (Phi) is 4.26. The van der Waals surface area contributed by atoms with Crippen molar-refractivity contribution >= 4 is 11.8 Å². The fourth-order valence-electron chi connectivity index (χ4n) is 2.22. The van der Waals surface area contributed by atoms with E-state index in [-0.39, 0.29) is 5.56 Å². The van der Waals surface area contributed by atoms with E-state index in [1.165, 1.54) is 24.7 Å². The fourth-order valence-corrected chi connectivity index (χ4v) is 3.49. The quantitative estimate of drug-likeness (QED) is 0.908. The van der Waals surface area contributed by atoms with E-state index < -0.39 is 5.82 Å². The lowest BCUT2D eigenvalue weighted by Gasteiger charge is -2.23. The molecule has 1 aliphatic heterocycles. The summed E-state index contributed by atoms with van der Waals surface area (Å²) in [5, 5.41) is 12.2. The van der Waals surface area contributed by atoms with Crippen molar-refractivity contribution in [3.8, 4) is 6.07 Å². The van der Waals surface area contributed by atoms with Crippen molar-refractivity contribution in [1.82, 2.24) is 5.32 Å². The molecule has 18 heavy (non-hydrogen) atoms. The molecule has 1 aliphatic rings. The summed E-state index contributed by atoms with van der Waals surface area (Å²) < 4.78 is 13.5. The highest BCUT2D eigenvalue weighted by Crippen LogP contribution is 2.36. The number of hydrogen-bond donors (Lipinski definition) is 1. The Hall–Kier alpha value is -1.05. The van der Waals surface area contributed by atoms with Gasteiger partial charge in [-0.1, -0.05) is 6.07 Å². The Morgan fingerprint density at radius 3 is 3.06 bits per heavy atom. The maximum Gasteiger partial charge on any atom is 0.140 e. The predicted molar refractivity (Wildman–Crippen MR) is 72.9 cm³/mol. The lowest BCUT2D eigenvalue weighted by atomic mass is 10.1. The third kappa shape index (κ3) is 3.24. The molecule has 0 spiro atoms. The lowest BCUT2D eigenvalue weighted by Crippen LogP contribution is -2.32. The van der Waals surface area contributed by atoms with Gasteiger partial charge in [-0.2, -0.15) is 17.0 Å². The highest BCUT2D eigenvalue weighted by Gasteiger charge is 2.28. The zero-order valence-corrected chi connectivity index (χ0v) is 11.3. The average Bonchev–Trinajstić information content (AvgIpc) is 2.78. The molecule has 0 saturated carbocycles. The standard InChI is InChI=1S/C14H17FN2S/c1-14(5-2-6-18-14)10-17-9-11-3-4-13(15)12(7-11)8-16/h3-4,7,17H,2,5-6,9-10H2,1H3. The first-order valence-electron chi connectivity index (χ1n) is 6.16. The van der Waals surface area contributed by atoms with E-state index in [0.717, 1.165) is 12.1 Å². The summed E-state index contributed by atoms with van der Waals surface area (Å²) in [7, 11) is 0. The van der Waals surface area contributed by atoms with Crippen molar-refractivity contribution in [1.29, 1.82) is 5.26 Å². The van der Waals surface area contributed by atoms with E-state index in [2.05, 4.69) is 12.2 Å². The van der Waals surface area contributed by atoms with Crippen LogP contribution in [0.4, 0.5) is 4.39 Å². The molecule has 0 radical (unpaired) electrons. The summed E-state index contributed by atoms with van der Waals surface area (Å²) in [5.41, 5.74) is 1.08. The smallest absolute Gasteiger partial charge is 0.140 e. The molecule has 1 atom stereocenters. The third-order valence-corrected chi connectivity index (χ3v) is 4.82. The average molecular weight is 264 g/mol. The van der Waals surface area contributed by atoms with Gasteiger partial charge in [-0.15, -0.1) is 0 Å². The maximum atomic E-state index is 13.2. The molecular weight excluding hydrogens is 247 g/mol. The van der Waals surface area contributed by atoms with Gasteiger partial charge in [0, 0.05) is 17.8 Å². The normalized spacial score (nSPS) is 22.9. The topological polar surface area (TPSA) is 35.8 Å². The molecule has 0 aromatic heterocycles. The van der Waals surface area contributed by atoms with E-state index >= 15 is 0 Å². The summed E-state index contributed by atoms with van der Waals surface area (Å²) in [6.45, 7) is 3.92. The molecule has 0 bridgehead atoms. The van der Waals surface area contributed by atoms with Gasteiger partial charge in [0.15, 0.2) is 0 Å². The molecule has 2 nitrogen and oxygen atoms in total. The Balaban J connectivity index is 1.89. The number of nitrogens with one attached hydrogen (secondary N) is 1. The van der Waals surface area contributed by atoms with Crippen molar-refractivity contribution in [2.24, 2.45) is 0 Å². The molecule has 1 unspecified atom stereocenters. The van der Waals surface area contributed by atoms with Gasteiger partial charge in [0.2, 0.25) is 0 Å². The molecule has 4 heteroatoms. The summed E-state index contributed by atoms with van der Waals surface area (Å²) in [6, 6.07) is 6.58. The second-order valence-electron chi connectivity index (χ2n) is 4.93. The molecule has 2 rings (SSSR count). The lowest BCUT2D eigenvalue weighted by molar-refractivity contribution is 0.536. The van der Waals surface area contributed by atoms with Gasteiger partial charge in [0.25, 0.3) is 0 Å². The molecule has 96 valence electrons. The van der Waals surface area contributed by atoms with Crippen molar-refractivity contribution in [3.63, 3.8) is 0 Å². The van der Waals surface area contributed by atoms with E-state index in [0.29, 0.717) is 11.3 Å². The van der Waals surface area contributed by atoms with E-state index in [4.69, 9.17) is 5.26 Å². The van der Waals surface area contributed by atoms with Gasteiger partial charge in [-0.05, 0) is 43.2 Å². The van der Waals surface area contributed by atoms with Crippen molar-refractivity contribution < 1.29 is 4.39 Å². The largest absolute Gasteiger partial charge is 0.311 e. The molecule has 0 aliphatic carbocycles. The second-order valence-corrected chi connectivity index (χ2v) is 6.61. The van der Waals surface area contributed by atoms with Gasteiger partial charge >= 0.3 is 0 Å². The van der Waals surface area contributed by atoms with Crippen molar-refractivity contribution in [2.75, 3.05) is 12.3 Å². The zero-order valence-electron chi connectivity index (χ0n) is 10.5. The van der Waals surface area contributed by atoms with Gasteiger partial charge in [0.05, 0.1) is 5.56 Å². The first-order chi connectivity index (χ1) is 8.63. The third-order valence-electron chi connectivity index (χ3n) is 3.28. The van der Waals surface area contributed by atoms with Crippen LogP contribution in [-0.2, 0) is 6.54 Å². The van der Waals surface area contributed by atoms with Crippen LogP contribution < -0.4 is 5.32 Å². The second kappa shape index (κ2) is 5.73. The molecule has 1 fully saturated rings. The Labute approximate surface area is 112 Å². The van der Waals surface area contributed by atoms with Crippen LogP contribution in [0.25, 0.3) is 0 Å². The molecule has 0 amide bonds. The van der Waals surface area contributed by atoms with Crippen molar-refractivity contribution in [3.05, 3.63) is 35.1 Å². The number of halogens is 1. The minimum absolute atomic E-state index is 0.121. The molecule has 1 aromatic rings. The first-order valence-corrected chi connectivity index (χ1v) is 7.15. The Bertz CT molecular complexity index is 461. The zero-order chi connectivity index (χ0) is 13.0. The fraction of sp³-hybridized carbons (Fsp3) is 0.500. The molecule has 1 heterocycles. The Morgan fingerprint density at radius 2 is 2.39 bits per heavy atom. The summed E-state index contributed by atoms with van der Waals surface area (Å²) in [4.78, 5) is 0. The van der Waals surface area contributed by atoms with Crippen LogP contribution in [0.15, 0.2) is 18.2 Å². The predicted octanol–water partition coefficient (Wildman–Crippen LogP) is 3.07. The number of benzene rings is 1. The molecule has 1 N–H and O–H groups in total. The molecule has 1 saturated heterocycles. The Morgan fingerprint density at radius 1 is 1.56 bits per heavy atom. The van der Waals surface area contributed by atoms with E-state index in [9.17, 15) is 4.39 Å². The number of rotatable bonds is 4. The number of hydrogen-bond acceptors (Lipinski definition) is 3. The minimum Gasteiger partial charge on any atom is -0.311 e. The van der Waals surface area contributed by atoms with E-state index in [1.807, 2.05) is 17.8 Å². The minimum atomic E-state index is -0.445. The summed E-state index contributed by atoms with van der Waals surface area (Å²) in [5.74, 6) is 0.799. The van der Waals surface area contributed by atoms with Crippen LogP contribution in [0, 0.1) is 17.1 Å². The van der Waals surface area contributed by atoms with Crippen LogP contribution in [0.5, 0.6) is 0 Å². The SMILES string of the molecule is CC1(CNCc2ccc(F)c(C#N)c2)CCCS1. The van der Waals surface area contributed by atoms with Gasteiger partial charge in [-0.3, -0.25) is 0 Å². The van der Waals surface area contributed by atoms with E-state index in [1.54, 1.807) is 12.1 Å². The van der Waals surface area contributed by atoms with Crippen molar-refractivity contribution in [2.45, 2.75) is 31.1 Å².